The van der Waals surface area contributed by atoms with Crippen molar-refractivity contribution in [3.8, 4) is 23.0 Å². The molecule has 0 unspecified atom stereocenters. The number of anilines is 2. The second-order valence-electron chi connectivity index (χ2n) is 12.5. The van der Waals surface area contributed by atoms with Crippen LogP contribution in [-0.4, -0.2) is 39.9 Å². The molecule has 1 radical (unpaired) electrons. The highest BCUT2D eigenvalue weighted by atomic mass is 32.2. The lowest BCUT2D eigenvalue weighted by Crippen LogP contribution is -2.15. The van der Waals surface area contributed by atoms with E-state index < -0.39 is 11.8 Å². The number of methoxy groups -OCH3 is 3. The summed E-state index contributed by atoms with van der Waals surface area (Å²) in [5.74, 6) is 0.465. The summed E-state index contributed by atoms with van der Waals surface area (Å²) in [4.78, 5) is 13.8. The molecule has 0 atom stereocenters. The number of carbonyl (C=O) groups excluding carboxylic acids is 1. The van der Waals surface area contributed by atoms with Gasteiger partial charge in [-0.05, 0) is 90.6 Å². The molecule has 51 heavy (non-hydrogen) atoms. The Bertz CT molecular complexity index is 2120. The van der Waals surface area contributed by atoms with E-state index >= 15 is 4.39 Å². The number of benzene rings is 5. The van der Waals surface area contributed by atoms with Crippen LogP contribution in [0.2, 0.25) is 0 Å². The molecule has 0 saturated carbocycles. The van der Waals surface area contributed by atoms with Crippen LogP contribution in [0.5, 0.6) is 23.0 Å². The minimum Gasteiger partial charge on any atom is -0.493 e. The van der Waals surface area contributed by atoms with Gasteiger partial charge in [-0.25, -0.2) is 9.18 Å². The Morgan fingerprint density at radius 2 is 1.59 bits per heavy atom. The lowest BCUT2D eigenvalue weighted by molar-refractivity contribution is -0.133. The van der Waals surface area contributed by atoms with Gasteiger partial charge in [0.2, 0.25) is 11.9 Å². The van der Waals surface area contributed by atoms with E-state index in [-0.39, 0.29) is 24.4 Å². The maximum atomic E-state index is 15.3. The van der Waals surface area contributed by atoms with Crippen LogP contribution in [0.4, 0.5) is 15.8 Å². The molecule has 2 heterocycles. The number of fused-ring (bicyclic) bond motifs is 2. The van der Waals surface area contributed by atoms with Crippen LogP contribution in [-0.2, 0) is 22.4 Å². The molecular formula is C41H38FN2O6S. The summed E-state index contributed by atoms with van der Waals surface area (Å²) in [6.45, 7) is 4.45. The standard InChI is InChI=1S/C41H38FN2O6S/c1-24(2)49-35-16-14-29(22-32(35)42)39-31(19-25-20-36(46-3)40(48-5)37(21-25)47-4)38(41(45)50-39)28-13-15-34-33(23-28)43-51-44(34)18-17-27-11-8-10-26-9-6-7-12-30(26)27/h6-16,20-24,43H,17-19H2,1-5H3. The molecule has 5 aromatic rings. The van der Waals surface area contributed by atoms with Crippen LogP contribution in [0, 0.1) is 11.9 Å². The third-order valence-electron chi connectivity index (χ3n) is 8.92. The summed E-state index contributed by atoms with van der Waals surface area (Å²) in [5, 5.41) is 2.48. The number of nitrogens with zero attached hydrogens (tertiary/aromatic N) is 1. The van der Waals surface area contributed by atoms with Gasteiger partial charge in [0, 0.05) is 17.7 Å². The molecule has 10 heteroatoms. The lowest BCUT2D eigenvalue weighted by Gasteiger charge is -2.18. The zero-order valence-corrected chi connectivity index (χ0v) is 29.9. The monoisotopic (exact) mass is 705 g/mol. The Labute approximate surface area is 301 Å². The van der Waals surface area contributed by atoms with E-state index in [1.807, 2.05) is 44.2 Å². The molecule has 2 aliphatic heterocycles. The van der Waals surface area contributed by atoms with Gasteiger partial charge in [-0.15, -0.1) is 0 Å². The predicted molar refractivity (Wildman–Crippen MR) is 200 cm³/mol. The van der Waals surface area contributed by atoms with Crippen LogP contribution in [0.3, 0.4) is 0 Å². The highest BCUT2D eigenvalue weighted by Gasteiger charge is 2.38. The van der Waals surface area contributed by atoms with E-state index in [1.54, 1.807) is 33.5 Å². The largest absolute Gasteiger partial charge is 0.493 e. The molecule has 8 nitrogen and oxygen atoms in total. The Morgan fingerprint density at radius 1 is 0.843 bits per heavy atom. The highest BCUT2D eigenvalue weighted by Crippen LogP contribution is 2.47. The number of nitrogens with one attached hydrogen (secondary N) is 1. The maximum absolute atomic E-state index is 15.3. The zero-order valence-electron chi connectivity index (χ0n) is 29.0. The Hall–Kier alpha value is -5.35. The number of hydrogen-bond acceptors (Lipinski definition) is 9. The second kappa shape index (κ2) is 14.5. The number of rotatable bonds is 12. The van der Waals surface area contributed by atoms with Gasteiger partial charge in [-0.1, -0.05) is 54.6 Å². The van der Waals surface area contributed by atoms with Crippen LogP contribution < -0.4 is 28.0 Å². The topological polar surface area (TPSA) is 78.5 Å². The van der Waals surface area contributed by atoms with Gasteiger partial charge in [0.25, 0.3) is 0 Å². The molecule has 7 rings (SSSR count). The Balaban J connectivity index is 1.24. The summed E-state index contributed by atoms with van der Waals surface area (Å²) >= 11 is 1.52. The first-order valence-electron chi connectivity index (χ1n) is 16.7. The molecule has 0 aliphatic carbocycles. The predicted octanol–water partition coefficient (Wildman–Crippen LogP) is 8.96. The van der Waals surface area contributed by atoms with Gasteiger partial charge >= 0.3 is 5.97 Å². The minimum atomic E-state index is -0.548. The summed E-state index contributed by atoms with van der Waals surface area (Å²) in [6, 6.07) is 29.0. The number of hydrogen-bond donors (Lipinski definition) is 1. The van der Waals surface area contributed by atoms with Gasteiger partial charge in [0.05, 0.1) is 56.5 Å². The van der Waals surface area contributed by atoms with E-state index in [1.165, 1.54) is 34.5 Å². The fourth-order valence-corrected chi connectivity index (χ4v) is 7.42. The summed E-state index contributed by atoms with van der Waals surface area (Å²) in [5.41, 5.74) is 6.07. The molecule has 5 aromatic carbocycles. The number of halogens is 1. The van der Waals surface area contributed by atoms with Crippen LogP contribution in [0.1, 0.15) is 36.1 Å². The quantitative estimate of drug-likeness (QED) is 0.101. The van der Waals surface area contributed by atoms with E-state index in [0.29, 0.717) is 39.5 Å². The van der Waals surface area contributed by atoms with E-state index in [2.05, 4.69) is 51.5 Å². The van der Waals surface area contributed by atoms with Crippen LogP contribution >= 0.6 is 12.1 Å². The second-order valence-corrected chi connectivity index (χ2v) is 13.3. The third-order valence-corrected chi connectivity index (χ3v) is 9.83. The molecule has 0 spiro atoms. The van der Waals surface area contributed by atoms with Crippen molar-refractivity contribution in [3.63, 3.8) is 0 Å². The van der Waals surface area contributed by atoms with E-state index in [9.17, 15) is 4.79 Å². The van der Waals surface area contributed by atoms with Crippen molar-refractivity contribution in [1.82, 2.24) is 0 Å². The average molecular weight is 706 g/mol. The summed E-state index contributed by atoms with van der Waals surface area (Å²) in [7, 11) is 4.65. The molecule has 261 valence electrons. The van der Waals surface area contributed by atoms with E-state index in [0.717, 1.165) is 29.9 Å². The van der Waals surface area contributed by atoms with Crippen molar-refractivity contribution in [1.29, 1.82) is 0 Å². The number of carbonyl (C=O) groups is 1. The smallest absolute Gasteiger partial charge is 0.340 e. The highest BCUT2D eigenvalue weighted by molar-refractivity contribution is 8.02. The fourth-order valence-electron chi connectivity index (χ4n) is 6.61. The lowest BCUT2D eigenvalue weighted by atomic mass is 9.90. The van der Waals surface area contributed by atoms with Crippen molar-refractivity contribution in [2.75, 3.05) is 36.9 Å². The molecule has 0 amide bonds. The van der Waals surface area contributed by atoms with Crippen molar-refractivity contribution in [2.45, 2.75) is 32.8 Å². The maximum Gasteiger partial charge on any atom is 0.340 e. The van der Waals surface area contributed by atoms with Gasteiger partial charge in [0.1, 0.15) is 0 Å². The van der Waals surface area contributed by atoms with Crippen LogP contribution in [0.15, 0.2) is 96.6 Å². The first-order chi connectivity index (χ1) is 24.8. The number of esters is 1. The SMILES string of the molecule is COc1cc(CC2=C(c3ccc4c(c3)NSN4CCc3cccc4ccccc34)C(=O)O[C]2c2ccc(OC(C)C)c(F)c2)cc(OC)c1OC. The Kier molecular flexibility index (Phi) is 9.69. The molecule has 0 aromatic heterocycles. The minimum absolute atomic E-state index is 0.126. The third kappa shape index (κ3) is 6.76. The number of ether oxygens (including phenoxy) is 5. The molecule has 0 bridgehead atoms. The van der Waals surface area contributed by atoms with Gasteiger partial charge in [-0.2, -0.15) is 0 Å². The zero-order chi connectivity index (χ0) is 35.6. The molecular weight excluding hydrogens is 668 g/mol. The fraction of sp³-hybridized carbons (Fsp3) is 0.220. The van der Waals surface area contributed by atoms with Gasteiger partial charge in [-0.3, -0.25) is 4.31 Å². The van der Waals surface area contributed by atoms with Crippen molar-refractivity contribution < 1.29 is 32.9 Å². The average Bonchev–Trinajstić information content (AvgIpc) is 3.70. The first-order valence-corrected chi connectivity index (χ1v) is 17.4. The normalized spacial score (nSPS) is 14.2. The van der Waals surface area contributed by atoms with Crippen molar-refractivity contribution in [2.24, 2.45) is 0 Å². The molecule has 2 aliphatic rings. The molecule has 0 fully saturated rings. The van der Waals surface area contributed by atoms with E-state index in [4.69, 9.17) is 23.7 Å². The van der Waals surface area contributed by atoms with Crippen molar-refractivity contribution in [3.05, 3.63) is 131 Å². The number of cyclic esters (lactones) is 1. The van der Waals surface area contributed by atoms with Gasteiger partial charge in [0.15, 0.2) is 23.1 Å². The van der Waals surface area contributed by atoms with Crippen molar-refractivity contribution >= 4 is 45.8 Å². The first kappa shape index (κ1) is 34.1. The summed E-state index contributed by atoms with van der Waals surface area (Å²) < 4.78 is 49.3. The van der Waals surface area contributed by atoms with Crippen LogP contribution in [0.25, 0.3) is 16.3 Å². The molecule has 1 N–H and O–H groups in total. The Morgan fingerprint density at radius 3 is 2.31 bits per heavy atom. The summed E-state index contributed by atoms with van der Waals surface area (Å²) in [6.07, 6.45) is 1.20. The molecule has 0 saturated heterocycles. The van der Waals surface area contributed by atoms with Gasteiger partial charge < -0.3 is 28.4 Å².